The summed E-state index contributed by atoms with van der Waals surface area (Å²) in [6, 6.07) is 9.31. The van der Waals surface area contributed by atoms with Gasteiger partial charge >= 0.3 is 5.69 Å². The average Bonchev–Trinajstić information content (AvgIpc) is 2.65. The lowest BCUT2D eigenvalue weighted by molar-refractivity contribution is -0.385. The van der Waals surface area contributed by atoms with Crippen molar-refractivity contribution in [3.05, 3.63) is 68.1 Å². The predicted octanol–water partition coefficient (Wildman–Crippen LogP) is 4.76. The third kappa shape index (κ3) is 3.48. The van der Waals surface area contributed by atoms with Crippen LogP contribution < -0.4 is 14.9 Å². The zero-order valence-electron chi connectivity index (χ0n) is 15.3. The first-order chi connectivity index (χ1) is 13.0. The molecule has 0 radical (unpaired) electrons. The van der Waals surface area contributed by atoms with Crippen LogP contribution in [-0.2, 0) is 6.42 Å². The number of nitrogens with zero attached hydrogens (tertiary/aromatic N) is 1. The van der Waals surface area contributed by atoms with Gasteiger partial charge < -0.3 is 13.9 Å². The highest BCUT2D eigenvalue weighted by atomic mass is 16.6. The normalized spacial score (nSPS) is 10.8. The average molecular weight is 369 g/mol. The van der Waals surface area contributed by atoms with Crippen molar-refractivity contribution in [3.63, 3.8) is 0 Å². The monoisotopic (exact) mass is 369 g/mol. The minimum Gasteiger partial charge on any atom is -0.493 e. The summed E-state index contributed by atoms with van der Waals surface area (Å²) in [7, 11) is 0. The number of para-hydroxylation sites is 2. The van der Waals surface area contributed by atoms with Gasteiger partial charge in [0.05, 0.1) is 16.9 Å². The van der Waals surface area contributed by atoms with Crippen LogP contribution in [0.4, 0.5) is 5.69 Å². The minimum atomic E-state index is -0.559. The van der Waals surface area contributed by atoms with E-state index in [0.717, 1.165) is 5.56 Å². The molecule has 1 aromatic heterocycles. The van der Waals surface area contributed by atoms with Crippen molar-refractivity contribution in [3.8, 4) is 17.2 Å². The van der Waals surface area contributed by atoms with E-state index in [4.69, 9.17) is 13.9 Å². The number of fused-ring (bicyclic) bond motifs is 1. The molecule has 3 aromatic rings. The lowest BCUT2D eigenvalue weighted by Gasteiger charge is -2.12. The molecule has 0 aliphatic rings. The lowest BCUT2D eigenvalue weighted by Crippen LogP contribution is -2.09. The van der Waals surface area contributed by atoms with Gasteiger partial charge in [-0.05, 0) is 38.0 Å². The molecule has 0 bridgehead atoms. The summed E-state index contributed by atoms with van der Waals surface area (Å²) < 4.78 is 17.0. The van der Waals surface area contributed by atoms with Crippen molar-refractivity contribution < 1.29 is 18.8 Å². The fourth-order valence-corrected chi connectivity index (χ4v) is 2.85. The Morgan fingerprint density at radius 1 is 1.15 bits per heavy atom. The Balaban J connectivity index is 2.16. The molecule has 0 unspecified atom stereocenters. The van der Waals surface area contributed by atoms with Gasteiger partial charge in [-0.3, -0.25) is 14.9 Å². The molecule has 0 saturated heterocycles. The lowest BCUT2D eigenvalue weighted by atomic mass is 10.1. The largest absolute Gasteiger partial charge is 0.493 e. The third-order valence-electron chi connectivity index (χ3n) is 4.15. The molecular formula is C20H19NO6. The molecule has 1 heterocycles. The second-order valence-electron chi connectivity index (χ2n) is 5.89. The number of ether oxygens (including phenoxy) is 2. The van der Waals surface area contributed by atoms with Crippen molar-refractivity contribution in [2.45, 2.75) is 27.2 Å². The van der Waals surface area contributed by atoms with Gasteiger partial charge in [0.2, 0.25) is 16.9 Å². The van der Waals surface area contributed by atoms with Gasteiger partial charge in [0, 0.05) is 12.1 Å². The van der Waals surface area contributed by atoms with Crippen LogP contribution in [0, 0.1) is 17.0 Å². The van der Waals surface area contributed by atoms with Gasteiger partial charge in [-0.15, -0.1) is 0 Å². The molecule has 7 heteroatoms. The van der Waals surface area contributed by atoms with E-state index < -0.39 is 4.92 Å². The Hall–Kier alpha value is -3.35. The highest BCUT2D eigenvalue weighted by Crippen LogP contribution is 2.33. The molecule has 0 fully saturated rings. The summed E-state index contributed by atoms with van der Waals surface area (Å²) in [5.41, 5.74) is 0.646. The van der Waals surface area contributed by atoms with Gasteiger partial charge in [0.15, 0.2) is 0 Å². The standard InChI is InChI=1S/C20H19NO6/c1-4-13-10-14-18(11-17(13)25-5-2)26-12(3)20(19(14)22)27-16-9-7-6-8-15(16)21(23)24/h6-11H,4-5H2,1-3H3. The number of aryl methyl sites for hydroxylation is 2. The maximum atomic E-state index is 13.0. The van der Waals surface area contributed by atoms with Crippen molar-refractivity contribution in [1.29, 1.82) is 0 Å². The Morgan fingerprint density at radius 2 is 1.89 bits per heavy atom. The van der Waals surface area contributed by atoms with E-state index in [2.05, 4.69) is 0 Å². The second-order valence-corrected chi connectivity index (χ2v) is 5.89. The molecule has 0 atom stereocenters. The number of rotatable bonds is 6. The highest BCUT2D eigenvalue weighted by Gasteiger charge is 2.20. The van der Waals surface area contributed by atoms with E-state index in [9.17, 15) is 14.9 Å². The number of benzene rings is 2. The molecule has 0 amide bonds. The Morgan fingerprint density at radius 3 is 2.56 bits per heavy atom. The van der Waals surface area contributed by atoms with Crippen molar-refractivity contribution >= 4 is 16.7 Å². The quantitative estimate of drug-likeness (QED) is 0.459. The summed E-state index contributed by atoms with van der Waals surface area (Å²) in [5, 5.41) is 11.5. The first kappa shape index (κ1) is 18.4. The summed E-state index contributed by atoms with van der Waals surface area (Å²) in [6.07, 6.45) is 0.680. The number of nitro benzene ring substituents is 1. The SMILES string of the molecule is CCOc1cc2oc(C)c(Oc3ccccc3[N+](=O)[O-])c(=O)c2cc1CC. The molecule has 2 aromatic carbocycles. The molecule has 27 heavy (non-hydrogen) atoms. The fourth-order valence-electron chi connectivity index (χ4n) is 2.85. The van der Waals surface area contributed by atoms with Crippen molar-refractivity contribution in [2.75, 3.05) is 6.61 Å². The number of hydrogen-bond donors (Lipinski definition) is 0. The molecule has 140 valence electrons. The molecular weight excluding hydrogens is 350 g/mol. The zero-order chi connectivity index (χ0) is 19.6. The minimum absolute atomic E-state index is 0.0149. The van der Waals surface area contributed by atoms with Gasteiger partial charge in [-0.1, -0.05) is 19.1 Å². The molecule has 7 nitrogen and oxygen atoms in total. The number of hydrogen-bond acceptors (Lipinski definition) is 6. The molecule has 0 N–H and O–H groups in total. The summed E-state index contributed by atoms with van der Waals surface area (Å²) >= 11 is 0. The van der Waals surface area contributed by atoms with E-state index in [0.29, 0.717) is 29.7 Å². The summed E-state index contributed by atoms with van der Waals surface area (Å²) in [4.78, 5) is 23.6. The molecule has 0 saturated carbocycles. The molecule has 0 aliphatic carbocycles. The second kappa shape index (κ2) is 7.49. The molecule has 0 aliphatic heterocycles. The predicted molar refractivity (Wildman–Crippen MR) is 101 cm³/mol. The van der Waals surface area contributed by atoms with E-state index >= 15 is 0 Å². The van der Waals surface area contributed by atoms with E-state index in [1.54, 1.807) is 25.1 Å². The summed E-state index contributed by atoms with van der Waals surface area (Å²) in [6.45, 7) is 5.93. The third-order valence-corrected chi connectivity index (χ3v) is 4.15. The van der Waals surface area contributed by atoms with Crippen molar-refractivity contribution in [1.82, 2.24) is 0 Å². The van der Waals surface area contributed by atoms with E-state index in [1.807, 2.05) is 13.8 Å². The topological polar surface area (TPSA) is 91.8 Å². The van der Waals surface area contributed by atoms with Crippen LogP contribution in [0.3, 0.4) is 0 Å². The fraction of sp³-hybridized carbons (Fsp3) is 0.250. The van der Waals surface area contributed by atoms with Crippen LogP contribution in [0.5, 0.6) is 17.2 Å². The van der Waals surface area contributed by atoms with Crippen LogP contribution in [0.15, 0.2) is 45.6 Å². The van der Waals surface area contributed by atoms with Crippen LogP contribution in [0.1, 0.15) is 25.2 Å². The van der Waals surface area contributed by atoms with Crippen LogP contribution >= 0.6 is 0 Å². The Bertz CT molecular complexity index is 1070. The van der Waals surface area contributed by atoms with Crippen LogP contribution in [0.25, 0.3) is 11.0 Å². The van der Waals surface area contributed by atoms with Crippen LogP contribution in [0.2, 0.25) is 0 Å². The van der Waals surface area contributed by atoms with Gasteiger partial charge in [0.1, 0.15) is 17.1 Å². The molecule has 3 rings (SSSR count). The Kier molecular flexibility index (Phi) is 5.12. The highest BCUT2D eigenvalue weighted by molar-refractivity contribution is 5.81. The maximum Gasteiger partial charge on any atom is 0.311 e. The van der Waals surface area contributed by atoms with Gasteiger partial charge in [-0.25, -0.2) is 0 Å². The van der Waals surface area contributed by atoms with Gasteiger partial charge in [0.25, 0.3) is 0 Å². The summed E-state index contributed by atoms with van der Waals surface area (Å²) in [5.74, 6) is 0.821. The van der Waals surface area contributed by atoms with Gasteiger partial charge in [-0.2, -0.15) is 0 Å². The van der Waals surface area contributed by atoms with Crippen molar-refractivity contribution in [2.24, 2.45) is 0 Å². The molecule has 0 spiro atoms. The van der Waals surface area contributed by atoms with Crippen LogP contribution in [-0.4, -0.2) is 11.5 Å². The maximum absolute atomic E-state index is 13.0. The van der Waals surface area contributed by atoms with E-state index in [1.165, 1.54) is 18.2 Å². The number of nitro groups is 1. The Labute approximate surface area is 155 Å². The zero-order valence-corrected chi connectivity index (χ0v) is 15.3. The smallest absolute Gasteiger partial charge is 0.311 e. The first-order valence-electron chi connectivity index (χ1n) is 8.60. The van der Waals surface area contributed by atoms with E-state index in [-0.39, 0.29) is 28.4 Å². The first-order valence-corrected chi connectivity index (χ1v) is 8.60.